The maximum Gasteiger partial charge on any atom is 0.471 e. The number of likely N-dealkylation sites (tertiary alicyclic amines) is 1. The van der Waals surface area contributed by atoms with E-state index < -0.39 is 29.8 Å². The van der Waals surface area contributed by atoms with Crippen LogP contribution in [0.25, 0.3) is 0 Å². The highest BCUT2D eigenvalue weighted by atomic mass is 19.4. The van der Waals surface area contributed by atoms with Crippen molar-refractivity contribution in [3.05, 3.63) is 11.9 Å². The molecule has 0 spiro atoms. The molecule has 0 radical (unpaired) electrons. The molecule has 1 aromatic rings. The van der Waals surface area contributed by atoms with Crippen LogP contribution in [0.5, 0.6) is 0 Å². The second kappa shape index (κ2) is 10.5. The summed E-state index contributed by atoms with van der Waals surface area (Å²) in [4.78, 5) is 27.1. The molecule has 2 fully saturated rings. The number of likely N-dealkylation sites (N-methyl/N-ethyl adjacent to an activating group) is 1. The van der Waals surface area contributed by atoms with Crippen molar-refractivity contribution < 1.29 is 27.5 Å². The van der Waals surface area contributed by atoms with Crippen LogP contribution in [0, 0.1) is 0 Å². The van der Waals surface area contributed by atoms with Gasteiger partial charge in [-0.3, -0.25) is 9.69 Å². The van der Waals surface area contributed by atoms with Gasteiger partial charge in [0.05, 0.1) is 24.5 Å². The summed E-state index contributed by atoms with van der Waals surface area (Å²) in [5.74, 6) is -1.80. The van der Waals surface area contributed by atoms with Crippen molar-refractivity contribution in [2.45, 2.75) is 102 Å². The molecular formula is C22H35F3N6O3. The molecule has 1 saturated heterocycles. The van der Waals surface area contributed by atoms with Gasteiger partial charge in [-0.1, -0.05) is 18.1 Å². The molecular weight excluding hydrogens is 453 g/mol. The molecule has 2 aliphatic rings. The van der Waals surface area contributed by atoms with Gasteiger partial charge in [0, 0.05) is 25.2 Å². The number of nitrogens with zero attached hydrogens (tertiary/aromatic N) is 5. The van der Waals surface area contributed by atoms with E-state index in [9.17, 15) is 22.8 Å². The minimum absolute atomic E-state index is 0.0689. The standard InChI is InChI=1S/C22H35F3N6O3/c1-21(2,3)34-20(33)27-17-9-5-6-10-18(17)29(4)13-16-12-26-28-31(16)14-15-8-7-11-30(15)19(32)22(23,24)25/h12,15,17-18H,5-11,13-14H2,1-4H3,(H,27,33)/t15-,17+,18+/m0/s1. The van der Waals surface area contributed by atoms with Gasteiger partial charge < -0.3 is 15.0 Å². The molecule has 1 aromatic heterocycles. The van der Waals surface area contributed by atoms with E-state index in [-0.39, 0.29) is 25.2 Å². The van der Waals surface area contributed by atoms with Crippen LogP contribution in [0.15, 0.2) is 6.20 Å². The average Bonchev–Trinajstić information content (AvgIpc) is 3.35. The third kappa shape index (κ3) is 6.83. The lowest BCUT2D eigenvalue weighted by Gasteiger charge is -2.38. The number of carbonyl (C=O) groups excluding carboxylic acids is 2. The van der Waals surface area contributed by atoms with Crippen LogP contribution in [0.4, 0.5) is 18.0 Å². The van der Waals surface area contributed by atoms with Crippen molar-refractivity contribution in [1.82, 2.24) is 30.1 Å². The fraction of sp³-hybridized carbons (Fsp3) is 0.818. The Morgan fingerprint density at radius 1 is 1.18 bits per heavy atom. The summed E-state index contributed by atoms with van der Waals surface area (Å²) in [6.07, 6.45) is 1.06. The van der Waals surface area contributed by atoms with Crippen LogP contribution in [0.1, 0.15) is 65.0 Å². The Hall–Kier alpha value is -2.37. The van der Waals surface area contributed by atoms with Crippen LogP contribution < -0.4 is 5.32 Å². The largest absolute Gasteiger partial charge is 0.471 e. The van der Waals surface area contributed by atoms with Crippen LogP contribution in [-0.4, -0.2) is 80.3 Å². The van der Waals surface area contributed by atoms with Crippen molar-refractivity contribution in [2.24, 2.45) is 0 Å². The van der Waals surface area contributed by atoms with Gasteiger partial charge in [-0.2, -0.15) is 13.2 Å². The molecule has 12 heteroatoms. The van der Waals surface area contributed by atoms with E-state index in [2.05, 4.69) is 20.5 Å². The van der Waals surface area contributed by atoms with Gasteiger partial charge >= 0.3 is 18.2 Å². The SMILES string of the molecule is CN(Cc1cnnn1C[C@@H]1CCCN1C(=O)C(F)(F)F)[C@@H]1CCCC[C@H]1NC(=O)OC(C)(C)C. The molecule has 34 heavy (non-hydrogen) atoms. The molecule has 0 unspecified atom stereocenters. The Bertz CT molecular complexity index is 854. The molecule has 192 valence electrons. The molecule has 3 rings (SSSR count). The van der Waals surface area contributed by atoms with Crippen molar-refractivity contribution in [3.8, 4) is 0 Å². The number of alkyl carbamates (subject to hydrolysis) is 1. The first kappa shape index (κ1) is 26.2. The number of halogens is 3. The normalized spacial score (nSPS) is 23.9. The van der Waals surface area contributed by atoms with E-state index in [1.165, 1.54) is 0 Å². The summed E-state index contributed by atoms with van der Waals surface area (Å²) >= 11 is 0. The Labute approximate surface area is 198 Å². The number of rotatable bonds is 6. The van der Waals surface area contributed by atoms with Crippen LogP contribution in [-0.2, 0) is 22.6 Å². The maximum atomic E-state index is 13.0. The first-order chi connectivity index (χ1) is 15.8. The molecule has 1 aliphatic heterocycles. The van der Waals surface area contributed by atoms with Crippen molar-refractivity contribution in [2.75, 3.05) is 13.6 Å². The molecule has 2 heterocycles. The van der Waals surface area contributed by atoms with Gasteiger partial charge in [-0.25, -0.2) is 9.48 Å². The predicted molar refractivity (Wildman–Crippen MR) is 118 cm³/mol. The Kier molecular flexibility index (Phi) is 8.10. The van der Waals surface area contributed by atoms with Gasteiger partial charge in [0.1, 0.15) is 5.60 Å². The van der Waals surface area contributed by atoms with E-state index in [1.54, 1.807) is 10.9 Å². The molecule has 1 saturated carbocycles. The quantitative estimate of drug-likeness (QED) is 0.662. The maximum absolute atomic E-state index is 13.0. The highest BCUT2D eigenvalue weighted by Gasteiger charge is 2.46. The van der Waals surface area contributed by atoms with Crippen molar-refractivity contribution >= 4 is 12.0 Å². The number of ether oxygens (including phenoxy) is 1. The second-order valence-corrected chi connectivity index (χ2v) is 10.2. The van der Waals surface area contributed by atoms with Gasteiger partial charge in [0.15, 0.2) is 0 Å². The van der Waals surface area contributed by atoms with Crippen LogP contribution >= 0.6 is 0 Å². The van der Waals surface area contributed by atoms with E-state index in [1.807, 2.05) is 27.8 Å². The van der Waals surface area contributed by atoms with E-state index in [0.717, 1.165) is 36.3 Å². The third-order valence-electron chi connectivity index (χ3n) is 6.37. The number of hydrogen-bond donors (Lipinski definition) is 1. The third-order valence-corrected chi connectivity index (χ3v) is 6.37. The van der Waals surface area contributed by atoms with Crippen LogP contribution in [0.3, 0.4) is 0 Å². The average molecular weight is 489 g/mol. The van der Waals surface area contributed by atoms with Crippen LogP contribution in [0.2, 0.25) is 0 Å². The number of alkyl halides is 3. The number of aromatic nitrogens is 3. The summed E-state index contributed by atoms with van der Waals surface area (Å²) in [5.41, 5.74) is 0.162. The highest BCUT2D eigenvalue weighted by Crippen LogP contribution is 2.27. The van der Waals surface area contributed by atoms with Gasteiger partial charge in [0.2, 0.25) is 0 Å². The number of hydrogen-bond acceptors (Lipinski definition) is 6. The Balaban J connectivity index is 1.64. The lowest BCUT2D eigenvalue weighted by molar-refractivity contribution is -0.186. The monoisotopic (exact) mass is 488 g/mol. The van der Waals surface area contributed by atoms with E-state index in [4.69, 9.17) is 4.74 Å². The van der Waals surface area contributed by atoms with Crippen molar-refractivity contribution in [3.63, 3.8) is 0 Å². The summed E-state index contributed by atoms with van der Waals surface area (Å²) in [5, 5.41) is 11.0. The molecule has 0 aromatic carbocycles. The molecule has 1 N–H and O–H groups in total. The smallest absolute Gasteiger partial charge is 0.444 e. The summed E-state index contributed by atoms with van der Waals surface area (Å²) < 4.78 is 45.9. The first-order valence-electron chi connectivity index (χ1n) is 11.8. The summed E-state index contributed by atoms with van der Waals surface area (Å²) in [7, 11) is 1.95. The minimum Gasteiger partial charge on any atom is -0.444 e. The highest BCUT2D eigenvalue weighted by molar-refractivity contribution is 5.82. The van der Waals surface area contributed by atoms with Gasteiger partial charge in [0.25, 0.3) is 0 Å². The van der Waals surface area contributed by atoms with Gasteiger partial charge in [-0.05, 0) is 53.5 Å². The zero-order chi connectivity index (χ0) is 25.1. The second-order valence-electron chi connectivity index (χ2n) is 10.2. The number of nitrogens with one attached hydrogen (secondary N) is 1. The minimum atomic E-state index is -4.88. The zero-order valence-corrected chi connectivity index (χ0v) is 20.3. The lowest BCUT2D eigenvalue weighted by atomic mass is 9.89. The zero-order valence-electron chi connectivity index (χ0n) is 20.3. The molecule has 2 amide bonds. The Morgan fingerprint density at radius 3 is 2.56 bits per heavy atom. The lowest BCUT2D eigenvalue weighted by Crippen LogP contribution is -2.52. The van der Waals surface area contributed by atoms with Crippen molar-refractivity contribution in [1.29, 1.82) is 0 Å². The molecule has 9 nitrogen and oxygen atoms in total. The number of amides is 2. The van der Waals surface area contributed by atoms with E-state index >= 15 is 0 Å². The molecule has 1 aliphatic carbocycles. The fourth-order valence-electron chi connectivity index (χ4n) is 4.85. The topological polar surface area (TPSA) is 92.6 Å². The Morgan fingerprint density at radius 2 is 1.88 bits per heavy atom. The predicted octanol–water partition coefficient (Wildman–Crippen LogP) is 3.10. The molecule has 3 atom stereocenters. The summed E-state index contributed by atoms with van der Waals surface area (Å²) in [6.45, 7) is 6.17. The molecule has 0 bridgehead atoms. The van der Waals surface area contributed by atoms with E-state index in [0.29, 0.717) is 19.4 Å². The van der Waals surface area contributed by atoms with Gasteiger partial charge in [-0.15, -0.1) is 5.10 Å². The first-order valence-corrected chi connectivity index (χ1v) is 11.8. The number of carbonyl (C=O) groups is 2. The fourth-order valence-corrected chi connectivity index (χ4v) is 4.85. The summed E-state index contributed by atoms with van der Waals surface area (Å²) in [6, 6.07) is -0.580.